The van der Waals surface area contributed by atoms with Crippen molar-refractivity contribution in [1.82, 2.24) is 9.97 Å². The lowest BCUT2D eigenvalue weighted by atomic mass is 10.0. The van der Waals surface area contributed by atoms with E-state index in [0.29, 0.717) is 41.5 Å². The molecule has 5 rings (SSSR count). The molecule has 0 aliphatic carbocycles. The monoisotopic (exact) mass is 491 g/mol. The number of aryl methyl sites for hydroxylation is 1. The Bertz CT molecular complexity index is 1490. The van der Waals surface area contributed by atoms with Crippen LogP contribution in [-0.2, 0) is 20.9 Å². The van der Waals surface area contributed by atoms with Gasteiger partial charge in [-0.15, -0.1) is 0 Å². The molecule has 0 N–H and O–H groups in total. The molecule has 3 aromatic carbocycles. The van der Waals surface area contributed by atoms with E-state index in [-0.39, 0.29) is 11.9 Å². The highest BCUT2D eigenvalue weighted by Gasteiger charge is 2.20. The van der Waals surface area contributed by atoms with E-state index < -0.39 is 9.73 Å². The first-order valence-electron chi connectivity index (χ1n) is 11.4. The molecule has 1 fully saturated rings. The number of hydrogen-bond donors (Lipinski definition) is 0. The quantitative estimate of drug-likeness (QED) is 0.350. The lowest BCUT2D eigenvalue weighted by Crippen LogP contribution is -2.17. The number of fused-ring (bicyclic) bond motifs is 1. The zero-order valence-corrected chi connectivity index (χ0v) is 20.4. The molecule has 0 spiro atoms. The molecule has 35 heavy (non-hydrogen) atoms. The SMILES string of the molecule is Cc1cc(N=[S@](C)(=O)c2ccccc2)cc2ncnc(Cc3ccc(F)cc3O[C@H]3CCOC3)c12. The van der Waals surface area contributed by atoms with Gasteiger partial charge in [-0.25, -0.2) is 18.6 Å². The lowest BCUT2D eigenvalue weighted by Gasteiger charge is -2.16. The number of ether oxygens (including phenoxy) is 2. The van der Waals surface area contributed by atoms with E-state index in [0.717, 1.165) is 28.6 Å². The van der Waals surface area contributed by atoms with Gasteiger partial charge in [-0.2, -0.15) is 4.36 Å². The van der Waals surface area contributed by atoms with Crippen LogP contribution in [0.15, 0.2) is 76.2 Å². The third-order valence-corrected chi connectivity index (χ3v) is 7.73. The molecule has 1 aromatic heterocycles. The maximum atomic E-state index is 14.0. The molecule has 0 saturated carbocycles. The Hall–Kier alpha value is -3.36. The highest BCUT2D eigenvalue weighted by Crippen LogP contribution is 2.31. The average Bonchev–Trinajstić information content (AvgIpc) is 3.34. The number of nitrogens with zero attached hydrogens (tertiary/aromatic N) is 3. The maximum Gasteiger partial charge on any atom is 0.126 e. The molecular formula is C27H26FN3O3S. The van der Waals surface area contributed by atoms with E-state index in [1.54, 1.807) is 12.3 Å². The first kappa shape index (κ1) is 23.4. The van der Waals surface area contributed by atoms with Crippen molar-refractivity contribution in [3.63, 3.8) is 0 Å². The first-order valence-corrected chi connectivity index (χ1v) is 13.4. The number of halogens is 1. The van der Waals surface area contributed by atoms with E-state index in [1.807, 2.05) is 49.4 Å². The summed E-state index contributed by atoms with van der Waals surface area (Å²) in [5.41, 5.74) is 3.88. The highest BCUT2D eigenvalue weighted by atomic mass is 32.2. The zero-order valence-electron chi connectivity index (χ0n) is 19.6. The van der Waals surface area contributed by atoms with Crippen molar-refractivity contribution >= 4 is 26.3 Å². The molecule has 0 bridgehead atoms. The molecule has 1 aliphatic rings. The van der Waals surface area contributed by atoms with Gasteiger partial charge in [0, 0.05) is 41.0 Å². The van der Waals surface area contributed by atoms with Gasteiger partial charge >= 0.3 is 0 Å². The summed E-state index contributed by atoms with van der Waals surface area (Å²) < 4.78 is 43.3. The molecule has 2 heterocycles. The molecule has 8 heteroatoms. The maximum absolute atomic E-state index is 14.0. The Morgan fingerprint density at radius 2 is 1.97 bits per heavy atom. The third-order valence-electron chi connectivity index (χ3n) is 6.03. The molecule has 4 aromatic rings. The molecule has 0 radical (unpaired) electrons. The van der Waals surface area contributed by atoms with Gasteiger partial charge in [0.25, 0.3) is 0 Å². The van der Waals surface area contributed by atoms with Crippen LogP contribution in [0.3, 0.4) is 0 Å². The summed E-state index contributed by atoms with van der Waals surface area (Å²) in [5.74, 6) is 0.157. The zero-order chi connectivity index (χ0) is 24.4. The van der Waals surface area contributed by atoms with Crippen molar-refractivity contribution in [2.24, 2.45) is 4.36 Å². The second kappa shape index (κ2) is 9.71. The minimum absolute atomic E-state index is 0.0860. The van der Waals surface area contributed by atoms with Crippen LogP contribution in [0.5, 0.6) is 5.75 Å². The molecule has 180 valence electrons. The molecule has 6 nitrogen and oxygen atoms in total. The largest absolute Gasteiger partial charge is 0.488 e. The summed E-state index contributed by atoms with van der Waals surface area (Å²) >= 11 is 0. The minimum atomic E-state index is -2.61. The van der Waals surface area contributed by atoms with Crippen LogP contribution in [0.1, 0.15) is 23.2 Å². The van der Waals surface area contributed by atoms with Crippen molar-refractivity contribution in [2.75, 3.05) is 19.5 Å². The van der Waals surface area contributed by atoms with Gasteiger partial charge in [-0.05, 0) is 42.8 Å². The molecule has 0 amide bonds. The van der Waals surface area contributed by atoms with Gasteiger partial charge in [-0.1, -0.05) is 24.3 Å². The fourth-order valence-electron chi connectivity index (χ4n) is 4.32. The van der Waals surface area contributed by atoms with Gasteiger partial charge in [0.1, 0.15) is 24.0 Å². The summed E-state index contributed by atoms with van der Waals surface area (Å²) in [6.07, 6.45) is 4.29. The van der Waals surface area contributed by atoms with Crippen LogP contribution in [-0.4, -0.2) is 39.8 Å². The van der Waals surface area contributed by atoms with E-state index in [4.69, 9.17) is 9.47 Å². The predicted molar refractivity (Wildman–Crippen MR) is 134 cm³/mol. The van der Waals surface area contributed by atoms with E-state index in [2.05, 4.69) is 14.3 Å². The second-order valence-corrected chi connectivity index (χ2v) is 11.0. The standard InChI is InChI=1S/C27H26FN3O3S/c1-18-12-21(31-35(2,32)23-6-4-3-5-7-23)15-25-27(18)24(29-17-30-25)13-19-8-9-20(28)14-26(19)34-22-10-11-33-16-22/h3-9,12,14-15,17,22H,10-11,13,16H2,1-2H3/t22-,35+/m0/s1. The van der Waals surface area contributed by atoms with Crippen molar-refractivity contribution in [3.05, 3.63) is 89.6 Å². The summed E-state index contributed by atoms with van der Waals surface area (Å²) in [6.45, 7) is 3.11. The summed E-state index contributed by atoms with van der Waals surface area (Å²) in [5, 5.41) is 0.897. The summed E-state index contributed by atoms with van der Waals surface area (Å²) in [7, 11) is -2.61. The molecular weight excluding hydrogens is 465 g/mol. The van der Waals surface area contributed by atoms with E-state index >= 15 is 0 Å². The Balaban J connectivity index is 1.52. The lowest BCUT2D eigenvalue weighted by molar-refractivity contribution is 0.140. The number of aromatic nitrogens is 2. The van der Waals surface area contributed by atoms with Crippen molar-refractivity contribution in [3.8, 4) is 5.75 Å². The Labute approximate surface area is 204 Å². The highest BCUT2D eigenvalue weighted by molar-refractivity contribution is 7.93. The predicted octanol–water partition coefficient (Wildman–Crippen LogP) is 5.62. The number of hydrogen-bond acceptors (Lipinski definition) is 6. The molecule has 1 saturated heterocycles. The van der Waals surface area contributed by atoms with Crippen LogP contribution in [0.4, 0.5) is 10.1 Å². The minimum Gasteiger partial charge on any atom is -0.488 e. The first-order chi connectivity index (χ1) is 16.9. The second-order valence-electron chi connectivity index (χ2n) is 8.72. The fraction of sp³-hybridized carbons (Fsp3) is 0.259. The molecule has 0 unspecified atom stereocenters. The number of rotatable bonds is 6. The fourth-order valence-corrected chi connectivity index (χ4v) is 5.59. The van der Waals surface area contributed by atoms with Gasteiger partial charge in [0.05, 0.1) is 39.8 Å². The van der Waals surface area contributed by atoms with Gasteiger partial charge < -0.3 is 9.47 Å². The molecule has 2 atom stereocenters. The van der Waals surface area contributed by atoms with Gasteiger partial charge in [-0.3, -0.25) is 0 Å². The van der Waals surface area contributed by atoms with Gasteiger partial charge in [0.15, 0.2) is 0 Å². The molecule has 1 aliphatic heterocycles. The van der Waals surface area contributed by atoms with Crippen LogP contribution in [0.25, 0.3) is 10.9 Å². The third kappa shape index (κ3) is 5.18. The van der Waals surface area contributed by atoms with Gasteiger partial charge in [0.2, 0.25) is 0 Å². The Kier molecular flexibility index (Phi) is 6.49. The van der Waals surface area contributed by atoms with Crippen LogP contribution in [0, 0.1) is 12.7 Å². The average molecular weight is 492 g/mol. The van der Waals surface area contributed by atoms with Crippen molar-refractivity contribution in [1.29, 1.82) is 0 Å². The number of benzene rings is 3. The van der Waals surface area contributed by atoms with E-state index in [1.165, 1.54) is 18.5 Å². The normalized spacial score (nSPS) is 17.3. The van der Waals surface area contributed by atoms with E-state index in [9.17, 15) is 8.60 Å². The summed E-state index contributed by atoms with van der Waals surface area (Å²) in [6, 6.07) is 17.6. The Morgan fingerprint density at radius 3 is 2.74 bits per heavy atom. The van der Waals surface area contributed by atoms with Crippen molar-refractivity contribution < 1.29 is 18.1 Å². The van der Waals surface area contributed by atoms with Crippen LogP contribution < -0.4 is 4.74 Å². The van der Waals surface area contributed by atoms with Crippen molar-refractivity contribution in [2.45, 2.75) is 30.8 Å². The van der Waals surface area contributed by atoms with Crippen LogP contribution in [0.2, 0.25) is 0 Å². The topological polar surface area (TPSA) is 73.7 Å². The smallest absolute Gasteiger partial charge is 0.126 e. The summed E-state index contributed by atoms with van der Waals surface area (Å²) in [4.78, 5) is 9.67. The Morgan fingerprint density at radius 1 is 1.14 bits per heavy atom. The van der Waals surface area contributed by atoms with Crippen LogP contribution >= 0.6 is 0 Å².